The van der Waals surface area contributed by atoms with E-state index in [1.165, 1.54) is 7.11 Å². The molecule has 0 saturated heterocycles. The molecule has 0 aliphatic rings. The fourth-order valence-electron chi connectivity index (χ4n) is 1.79. The zero-order valence-corrected chi connectivity index (χ0v) is 12.4. The zero-order chi connectivity index (χ0) is 15.5. The molecule has 1 rings (SSSR count). The van der Waals surface area contributed by atoms with E-state index in [0.717, 1.165) is 24.3 Å². The van der Waals surface area contributed by atoms with Crippen molar-refractivity contribution in [2.24, 2.45) is 10.9 Å². The fraction of sp³-hybridized carbons (Fsp3) is 0.533. The number of halogens is 3. The van der Waals surface area contributed by atoms with Crippen molar-refractivity contribution < 1.29 is 17.9 Å². The molecule has 0 aliphatic heterocycles. The van der Waals surface area contributed by atoms with Gasteiger partial charge in [0, 0.05) is 5.71 Å². The van der Waals surface area contributed by atoms with Crippen molar-refractivity contribution >= 4 is 11.4 Å². The van der Waals surface area contributed by atoms with Gasteiger partial charge in [0.25, 0.3) is 0 Å². The lowest BCUT2D eigenvalue weighted by Crippen LogP contribution is -2.07. The molecule has 2 nitrogen and oxygen atoms in total. The molecule has 0 spiro atoms. The van der Waals surface area contributed by atoms with E-state index in [4.69, 9.17) is 4.74 Å². The van der Waals surface area contributed by atoms with E-state index in [1.807, 2.05) is 20.8 Å². The molecule has 0 heterocycles. The first-order valence-electron chi connectivity index (χ1n) is 6.51. The molecule has 0 radical (unpaired) electrons. The lowest BCUT2D eigenvalue weighted by molar-refractivity contribution is -0.137. The summed E-state index contributed by atoms with van der Waals surface area (Å²) in [5.74, 6) is 0.432. The van der Waals surface area contributed by atoms with Crippen molar-refractivity contribution in [3.05, 3.63) is 23.3 Å². The third-order valence-corrected chi connectivity index (χ3v) is 3.43. The standard InChI is InChI=1S/C15H20F3NO/c1-6-9(2)11(4)19-14-10(3)7-12(15(16,17)18)8-13(14)20-5/h7-9H,6H2,1-5H3. The Morgan fingerprint density at radius 2 is 1.95 bits per heavy atom. The molecule has 112 valence electrons. The van der Waals surface area contributed by atoms with E-state index >= 15 is 0 Å². The van der Waals surface area contributed by atoms with E-state index in [0.29, 0.717) is 11.3 Å². The van der Waals surface area contributed by atoms with Crippen LogP contribution in [0.15, 0.2) is 17.1 Å². The molecule has 0 fully saturated rings. The summed E-state index contributed by atoms with van der Waals surface area (Å²) >= 11 is 0. The summed E-state index contributed by atoms with van der Waals surface area (Å²) in [4.78, 5) is 4.45. The van der Waals surface area contributed by atoms with Crippen molar-refractivity contribution in [1.82, 2.24) is 0 Å². The summed E-state index contributed by atoms with van der Waals surface area (Å²) in [7, 11) is 1.35. The molecule has 1 aromatic rings. The highest BCUT2D eigenvalue weighted by molar-refractivity contribution is 5.87. The maximum Gasteiger partial charge on any atom is 0.416 e. The predicted octanol–water partition coefficient (Wildman–Crippen LogP) is 5.16. The van der Waals surface area contributed by atoms with Gasteiger partial charge in [0.2, 0.25) is 0 Å². The third-order valence-electron chi connectivity index (χ3n) is 3.43. The van der Waals surface area contributed by atoms with Gasteiger partial charge in [-0.15, -0.1) is 0 Å². The predicted molar refractivity (Wildman–Crippen MR) is 75.0 cm³/mol. The van der Waals surface area contributed by atoms with Gasteiger partial charge < -0.3 is 4.74 Å². The van der Waals surface area contributed by atoms with Crippen molar-refractivity contribution in [3.63, 3.8) is 0 Å². The number of nitrogens with zero attached hydrogens (tertiary/aromatic N) is 1. The van der Waals surface area contributed by atoms with Gasteiger partial charge in [0.1, 0.15) is 11.4 Å². The summed E-state index contributed by atoms with van der Waals surface area (Å²) < 4.78 is 43.4. The van der Waals surface area contributed by atoms with Crippen LogP contribution in [-0.4, -0.2) is 12.8 Å². The van der Waals surface area contributed by atoms with Gasteiger partial charge in [0.05, 0.1) is 12.7 Å². The maximum absolute atomic E-state index is 12.8. The van der Waals surface area contributed by atoms with Gasteiger partial charge in [-0.2, -0.15) is 13.2 Å². The van der Waals surface area contributed by atoms with Gasteiger partial charge in [-0.25, -0.2) is 0 Å². The second-order valence-corrected chi connectivity index (χ2v) is 4.90. The number of ether oxygens (including phenoxy) is 1. The normalized spacial score (nSPS) is 14.3. The van der Waals surface area contributed by atoms with Crippen LogP contribution in [0, 0.1) is 12.8 Å². The van der Waals surface area contributed by atoms with E-state index in [9.17, 15) is 13.2 Å². The SMILES string of the molecule is CCC(C)C(C)=Nc1c(C)cc(C(F)(F)F)cc1OC. The van der Waals surface area contributed by atoms with E-state index < -0.39 is 11.7 Å². The molecule has 0 saturated carbocycles. The second-order valence-electron chi connectivity index (χ2n) is 4.90. The molecule has 20 heavy (non-hydrogen) atoms. The Kier molecular flexibility index (Phi) is 5.20. The molecule has 0 aliphatic carbocycles. The number of aryl methyl sites for hydroxylation is 1. The molecule has 5 heteroatoms. The molecular formula is C15H20F3NO. The highest BCUT2D eigenvalue weighted by atomic mass is 19.4. The van der Waals surface area contributed by atoms with E-state index in [1.54, 1.807) is 6.92 Å². The third kappa shape index (κ3) is 3.74. The van der Waals surface area contributed by atoms with Gasteiger partial charge in [-0.3, -0.25) is 4.99 Å². The zero-order valence-electron chi connectivity index (χ0n) is 12.4. The molecule has 1 atom stereocenters. The number of rotatable bonds is 4. The van der Waals surface area contributed by atoms with Crippen LogP contribution in [0.2, 0.25) is 0 Å². The first kappa shape index (κ1) is 16.5. The van der Waals surface area contributed by atoms with E-state index in [2.05, 4.69) is 4.99 Å². The fourth-order valence-corrected chi connectivity index (χ4v) is 1.79. The first-order valence-corrected chi connectivity index (χ1v) is 6.51. The monoisotopic (exact) mass is 287 g/mol. The van der Waals surface area contributed by atoms with Crippen LogP contribution in [0.5, 0.6) is 5.75 Å². The maximum atomic E-state index is 12.8. The van der Waals surface area contributed by atoms with Crippen molar-refractivity contribution in [1.29, 1.82) is 0 Å². The molecule has 0 aromatic heterocycles. The van der Waals surface area contributed by atoms with Crippen LogP contribution >= 0.6 is 0 Å². The lowest BCUT2D eigenvalue weighted by Gasteiger charge is -2.15. The molecule has 0 bridgehead atoms. The van der Waals surface area contributed by atoms with Crippen molar-refractivity contribution in [3.8, 4) is 5.75 Å². The lowest BCUT2D eigenvalue weighted by atomic mass is 10.0. The number of hydrogen-bond donors (Lipinski definition) is 0. The topological polar surface area (TPSA) is 21.6 Å². The second kappa shape index (κ2) is 6.29. The summed E-state index contributed by atoms with van der Waals surface area (Å²) in [5.41, 5.74) is 1.10. The molecule has 1 aromatic carbocycles. The smallest absolute Gasteiger partial charge is 0.416 e. The Hall–Kier alpha value is -1.52. The van der Waals surface area contributed by atoms with Gasteiger partial charge >= 0.3 is 6.18 Å². The summed E-state index contributed by atoms with van der Waals surface area (Å²) in [6.07, 6.45) is -3.45. The number of methoxy groups -OCH3 is 1. The quantitative estimate of drug-likeness (QED) is 0.701. The number of benzene rings is 1. The summed E-state index contributed by atoms with van der Waals surface area (Å²) in [6.45, 7) is 7.57. The molecule has 1 unspecified atom stereocenters. The number of aliphatic imine (C=N–C) groups is 1. The Bertz CT molecular complexity index is 507. The Morgan fingerprint density at radius 1 is 1.35 bits per heavy atom. The Morgan fingerprint density at radius 3 is 2.40 bits per heavy atom. The first-order chi connectivity index (χ1) is 9.20. The van der Waals surface area contributed by atoms with Crippen LogP contribution in [0.3, 0.4) is 0 Å². The summed E-state index contributed by atoms with van der Waals surface area (Å²) in [6, 6.07) is 2.10. The average Bonchev–Trinajstić information content (AvgIpc) is 2.38. The molecule has 0 N–H and O–H groups in total. The number of alkyl halides is 3. The van der Waals surface area contributed by atoms with Gasteiger partial charge in [-0.05, 0) is 43.9 Å². The van der Waals surface area contributed by atoms with Crippen LogP contribution in [-0.2, 0) is 6.18 Å². The highest BCUT2D eigenvalue weighted by Gasteiger charge is 2.32. The van der Waals surface area contributed by atoms with Gasteiger partial charge in [-0.1, -0.05) is 13.8 Å². The minimum atomic E-state index is -4.38. The Labute approximate surface area is 117 Å². The number of hydrogen-bond acceptors (Lipinski definition) is 2. The van der Waals surface area contributed by atoms with Gasteiger partial charge in [0.15, 0.2) is 0 Å². The van der Waals surface area contributed by atoms with Crippen LogP contribution < -0.4 is 4.74 Å². The highest BCUT2D eigenvalue weighted by Crippen LogP contribution is 2.39. The van der Waals surface area contributed by atoms with Crippen molar-refractivity contribution in [2.75, 3.05) is 7.11 Å². The van der Waals surface area contributed by atoms with Crippen molar-refractivity contribution in [2.45, 2.75) is 40.3 Å². The Balaban J connectivity index is 3.35. The molecule has 0 amide bonds. The largest absolute Gasteiger partial charge is 0.494 e. The minimum absolute atomic E-state index is 0.153. The van der Waals surface area contributed by atoms with E-state index in [-0.39, 0.29) is 11.7 Å². The van der Waals surface area contributed by atoms with Crippen LogP contribution in [0.25, 0.3) is 0 Å². The molecular weight excluding hydrogens is 267 g/mol. The minimum Gasteiger partial charge on any atom is -0.494 e. The average molecular weight is 287 g/mol. The summed E-state index contributed by atoms with van der Waals surface area (Å²) in [5, 5.41) is 0. The van der Waals surface area contributed by atoms with Crippen LogP contribution in [0.4, 0.5) is 18.9 Å². The van der Waals surface area contributed by atoms with Crippen LogP contribution in [0.1, 0.15) is 38.3 Å².